The molecule has 1 aromatic rings. The third-order valence-electron chi connectivity index (χ3n) is 2.18. The van der Waals surface area contributed by atoms with Gasteiger partial charge in [0.25, 0.3) is 0 Å². The van der Waals surface area contributed by atoms with Crippen molar-refractivity contribution >= 4 is 23.3 Å². The van der Waals surface area contributed by atoms with Gasteiger partial charge in [0.1, 0.15) is 5.82 Å². The molecule has 1 N–H and O–H groups in total. The van der Waals surface area contributed by atoms with Gasteiger partial charge in [-0.25, -0.2) is 4.98 Å². The monoisotopic (exact) mass is 210 g/mol. The minimum absolute atomic E-state index is 0.0734. The number of hydrogen-bond donors (Lipinski definition) is 1. The summed E-state index contributed by atoms with van der Waals surface area (Å²) in [6.45, 7) is 0. The molecular formula is C10H11ClN2O. The van der Waals surface area contributed by atoms with Crippen LogP contribution in [0.5, 0.6) is 0 Å². The van der Waals surface area contributed by atoms with Crippen LogP contribution in [-0.4, -0.2) is 10.9 Å². The first-order chi connectivity index (χ1) is 6.79. The van der Waals surface area contributed by atoms with E-state index in [1.807, 2.05) is 6.07 Å². The lowest BCUT2D eigenvalue weighted by Gasteiger charge is -2.03. The summed E-state index contributed by atoms with van der Waals surface area (Å²) in [6.07, 6.45) is 3.66. The molecule has 0 spiro atoms. The zero-order valence-corrected chi connectivity index (χ0v) is 8.42. The third-order valence-corrected chi connectivity index (χ3v) is 2.49. The number of halogens is 1. The second kappa shape index (κ2) is 3.96. The van der Waals surface area contributed by atoms with E-state index in [0.29, 0.717) is 11.7 Å². The van der Waals surface area contributed by atoms with E-state index in [1.165, 1.54) is 0 Å². The molecule has 1 amide bonds. The Morgan fingerprint density at radius 2 is 2.43 bits per heavy atom. The smallest absolute Gasteiger partial charge is 0.228 e. The van der Waals surface area contributed by atoms with E-state index >= 15 is 0 Å². The third kappa shape index (κ3) is 2.23. The first kappa shape index (κ1) is 9.46. The Bertz CT molecular complexity index is 350. The van der Waals surface area contributed by atoms with Gasteiger partial charge < -0.3 is 5.32 Å². The van der Waals surface area contributed by atoms with E-state index < -0.39 is 0 Å². The van der Waals surface area contributed by atoms with Crippen LogP contribution >= 0.6 is 11.6 Å². The molecule has 2 rings (SSSR count). The highest BCUT2D eigenvalue weighted by atomic mass is 35.5. The fourth-order valence-electron chi connectivity index (χ4n) is 1.20. The van der Waals surface area contributed by atoms with Crippen LogP contribution in [0.2, 0.25) is 0 Å². The second-order valence-corrected chi connectivity index (χ2v) is 3.71. The van der Waals surface area contributed by atoms with Crippen LogP contribution in [0.4, 0.5) is 5.82 Å². The highest BCUT2D eigenvalue weighted by molar-refractivity contribution is 6.17. The number of carbonyl (C=O) groups excluding carboxylic acids is 1. The van der Waals surface area contributed by atoms with Crippen molar-refractivity contribution in [3.8, 4) is 0 Å². The summed E-state index contributed by atoms with van der Waals surface area (Å²) in [5, 5.41) is 2.77. The van der Waals surface area contributed by atoms with E-state index in [2.05, 4.69) is 10.3 Å². The van der Waals surface area contributed by atoms with Crippen molar-refractivity contribution in [1.29, 1.82) is 0 Å². The van der Waals surface area contributed by atoms with Crippen LogP contribution in [0.3, 0.4) is 0 Å². The molecule has 0 saturated heterocycles. The number of nitrogens with zero attached hydrogens (tertiary/aromatic N) is 1. The van der Waals surface area contributed by atoms with Gasteiger partial charge in [0, 0.05) is 18.0 Å². The summed E-state index contributed by atoms with van der Waals surface area (Å²) >= 11 is 5.67. The topological polar surface area (TPSA) is 42.0 Å². The molecule has 1 saturated carbocycles. The number of carbonyl (C=O) groups is 1. The second-order valence-electron chi connectivity index (χ2n) is 3.45. The molecule has 0 aromatic carbocycles. The standard InChI is InChI=1S/C10H11ClN2O/c11-6-7-3-4-12-9(5-7)13-10(14)8-1-2-8/h3-5,8H,1-2,6H2,(H,12,13,14). The number of nitrogens with one attached hydrogen (secondary N) is 1. The van der Waals surface area contributed by atoms with Crippen molar-refractivity contribution in [2.24, 2.45) is 5.92 Å². The van der Waals surface area contributed by atoms with Crippen LogP contribution < -0.4 is 5.32 Å². The summed E-state index contributed by atoms with van der Waals surface area (Å²) in [4.78, 5) is 15.4. The summed E-state index contributed by atoms with van der Waals surface area (Å²) in [7, 11) is 0. The maximum atomic E-state index is 11.4. The summed E-state index contributed by atoms with van der Waals surface area (Å²) in [6, 6.07) is 3.63. The summed E-state index contributed by atoms with van der Waals surface area (Å²) in [5.74, 6) is 1.31. The Balaban J connectivity index is 2.04. The maximum Gasteiger partial charge on any atom is 0.228 e. The van der Waals surface area contributed by atoms with Gasteiger partial charge in [-0.15, -0.1) is 11.6 Å². The fourth-order valence-corrected chi connectivity index (χ4v) is 1.37. The van der Waals surface area contributed by atoms with Crippen LogP contribution in [0, 0.1) is 5.92 Å². The average molecular weight is 211 g/mol. The number of rotatable bonds is 3. The number of anilines is 1. The van der Waals surface area contributed by atoms with Crippen molar-refractivity contribution in [3.63, 3.8) is 0 Å². The molecule has 0 unspecified atom stereocenters. The Morgan fingerprint density at radius 1 is 1.64 bits per heavy atom. The molecule has 0 atom stereocenters. The lowest BCUT2D eigenvalue weighted by Crippen LogP contribution is -2.14. The Hall–Kier alpha value is -1.09. The van der Waals surface area contributed by atoms with E-state index in [1.54, 1.807) is 12.3 Å². The largest absolute Gasteiger partial charge is 0.310 e. The van der Waals surface area contributed by atoms with Gasteiger partial charge in [-0.1, -0.05) is 0 Å². The van der Waals surface area contributed by atoms with Crippen LogP contribution in [-0.2, 0) is 10.7 Å². The van der Waals surface area contributed by atoms with Gasteiger partial charge in [-0.2, -0.15) is 0 Å². The SMILES string of the molecule is O=C(Nc1cc(CCl)ccn1)C1CC1. The summed E-state index contributed by atoms with van der Waals surface area (Å²) < 4.78 is 0. The minimum atomic E-state index is 0.0734. The highest BCUT2D eigenvalue weighted by Crippen LogP contribution is 2.29. The molecule has 74 valence electrons. The summed E-state index contributed by atoms with van der Waals surface area (Å²) in [5.41, 5.74) is 0.966. The van der Waals surface area contributed by atoms with Crippen molar-refractivity contribution < 1.29 is 4.79 Å². The molecule has 4 heteroatoms. The molecule has 0 radical (unpaired) electrons. The number of alkyl halides is 1. The van der Waals surface area contributed by atoms with Crippen molar-refractivity contribution in [2.75, 3.05) is 5.32 Å². The Morgan fingerprint density at radius 3 is 3.07 bits per heavy atom. The molecule has 1 aliphatic carbocycles. The number of aromatic nitrogens is 1. The average Bonchev–Trinajstić information content (AvgIpc) is 3.01. The first-order valence-corrected chi connectivity index (χ1v) is 5.15. The number of pyridine rings is 1. The fraction of sp³-hybridized carbons (Fsp3) is 0.400. The lowest BCUT2D eigenvalue weighted by molar-refractivity contribution is -0.117. The van der Waals surface area contributed by atoms with Gasteiger partial charge in [0.05, 0.1) is 0 Å². The van der Waals surface area contributed by atoms with Gasteiger partial charge in [0.15, 0.2) is 0 Å². The van der Waals surface area contributed by atoms with Crippen molar-refractivity contribution in [3.05, 3.63) is 23.9 Å². The maximum absolute atomic E-state index is 11.4. The Labute approximate surface area is 87.5 Å². The molecule has 1 aromatic heterocycles. The molecule has 14 heavy (non-hydrogen) atoms. The molecule has 0 aliphatic heterocycles. The van der Waals surface area contributed by atoms with Crippen molar-refractivity contribution in [2.45, 2.75) is 18.7 Å². The van der Waals surface area contributed by atoms with E-state index in [4.69, 9.17) is 11.6 Å². The van der Waals surface area contributed by atoms with Gasteiger partial charge in [0.2, 0.25) is 5.91 Å². The van der Waals surface area contributed by atoms with Crippen LogP contribution in [0.15, 0.2) is 18.3 Å². The van der Waals surface area contributed by atoms with E-state index in [-0.39, 0.29) is 11.8 Å². The molecule has 1 heterocycles. The normalized spacial score (nSPS) is 15.2. The van der Waals surface area contributed by atoms with Crippen LogP contribution in [0.25, 0.3) is 0 Å². The van der Waals surface area contributed by atoms with E-state index in [9.17, 15) is 4.79 Å². The molecule has 3 nitrogen and oxygen atoms in total. The zero-order valence-electron chi connectivity index (χ0n) is 7.66. The molecular weight excluding hydrogens is 200 g/mol. The Kier molecular flexibility index (Phi) is 2.68. The predicted molar refractivity (Wildman–Crippen MR) is 55.1 cm³/mol. The van der Waals surface area contributed by atoms with Gasteiger partial charge in [-0.05, 0) is 30.5 Å². The van der Waals surface area contributed by atoms with Gasteiger partial charge >= 0.3 is 0 Å². The van der Waals surface area contributed by atoms with Crippen LogP contribution in [0.1, 0.15) is 18.4 Å². The zero-order chi connectivity index (χ0) is 9.97. The quantitative estimate of drug-likeness (QED) is 0.777. The van der Waals surface area contributed by atoms with E-state index in [0.717, 1.165) is 18.4 Å². The van der Waals surface area contributed by atoms with Gasteiger partial charge in [-0.3, -0.25) is 4.79 Å². The minimum Gasteiger partial charge on any atom is -0.310 e. The number of hydrogen-bond acceptors (Lipinski definition) is 2. The first-order valence-electron chi connectivity index (χ1n) is 4.61. The highest BCUT2D eigenvalue weighted by Gasteiger charge is 2.29. The van der Waals surface area contributed by atoms with Crippen molar-refractivity contribution in [1.82, 2.24) is 4.98 Å². The molecule has 0 bridgehead atoms. The molecule has 1 fully saturated rings. The molecule has 1 aliphatic rings. The number of amides is 1. The predicted octanol–water partition coefficient (Wildman–Crippen LogP) is 2.17. The lowest BCUT2D eigenvalue weighted by atomic mass is 10.3.